The second-order valence-electron chi connectivity index (χ2n) is 6.96. The molecule has 4 aromatic rings. The summed E-state index contributed by atoms with van der Waals surface area (Å²) in [5.74, 6) is 0.663. The number of anilines is 1. The van der Waals surface area contributed by atoms with Gasteiger partial charge in [-0.05, 0) is 31.7 Å². The molecule has 0 unspecified atom stereocenters. The average Bonchev–Trinajstić information content (AvgIpc) is 3.34. The molecule has 0 radical (unpaired) electrons. The molecule has 0 bridgehead atoms. The molecule has 1 aliphatic rings. The Morgan fingerprint density at radius 1 is 1.19 bits per heavy atom. The van der Waals surface area contributed by atoms with Gasteiger partial charge in [0.05, 0.1) is 18.0 Å². The number of nitrogens with zero attached hydrogens (tertiary/aromatic N) is 5. The molecule has 138 valence electrons. The molecule has 1 aliphatic carbocycles. The predicted molar refractivity (Wildman–Crippen MR) is 103 cm³/mol. The lowest BCUT2D eigenvalue weighted by molar-refractivity contribution is 0.0681. The highest BCUT2D eigenvalue weighted by atomic mass is 16.5. The van der Waals surface area contributed by atoms with Crippen molar-refractivity contribution in [2.45, 2.75) is 37.8 Å². The summed E-state index contributed by atoms with van der Waals surface area (Å²) >= 11 is 0. The van der Waals surface area contributed by atoms with Gasteiger partial charge < -0.3 is 15.0 Å². The quantitative estimate of drug-likeness (QED) is 0.579. The lowest BCUT2D eigenvalue weighted by atomic mass is 9.93. The Labute approximate surface area is 156 Å². The first-order valence-corrected chi connectivity index (χ1v) is 9.24. The van der Waals surface area contributed by atoms with Gasteiger partial charge in [-0.2, -0.15) is 10.1 Å². The van der Waals surface area contributed by atoms with E-state index in [1.807, 2.05) is 30.7 Å². The third-order valence-corrected chi connectivity index (χ3v) is 5.31. The molecule has 1 saturated carbocycles. The van der Waals surface area contributed by atoms with E-state index in [2.05, 4.69) is 30.4 Å². The van der Waals surface area contributed by atoms with Crippen LogP contribution in [0, 0.1) is 0 Å². The maximum absolute atomic E-state index is 5.44. The molecule has 1 fully saturated rings. The normalized spacial score (nSPS) is 20.3. The van der Waals surface area contributed by atoms with Crippen molar-refractivity contribution in [2.24, 2.45) is 0 Å². The van der Waals surface area contributed by atoms with E-state index in [-0.39, 0.29) is 0 Å². The summed E-state index contributed by atoms with van der Waals surface area (Å²) < 4.78 is 7.18. The van der Waals surface area contributed by atoms with Crippen LogP contribution in [0.3, 0.4) is 0 Å². The van der Waals surface area contributed by atoms with Gasteiger partial charge >= 0.3 is 0 Å². The highest BCUT2D eigenvalue weighted by molar-refractivity contribution is 5.92. The monoisotopic (exact) mass is 363 g/mol. The molecular weight excluding hydrogens is 342 g/mol. The summed E-state index contributed by atoms with van der Waals surface area (Å²) in [7, 11) is 1.79. The van der Waals surface area contributed by atoms with Crippen LogP contribution in [0.25, 0.3) is 27.9 Å². The number of rotatable bonds is 4. The number of aromatic nitrogens is 6. The van der Waals surface area contributed by atoms with Crippen molar-refractivity contribution in [3.8, 4) is 11.3 Å². The predicted octanol–water partition coefficient (Wildman–Crippen LogP) is 3.04. The van der Waals surface area contributed by atoms with Crippen LogP contribution in [0.4, 0.5) is 5.95 Å². The summed E-state index contributed by atoms with van der Waals surface area (Å²) in [5.41, 5.74) is 3.48. The Morgan fingerprint density at radius 2 is 2.07 bits per heavy atom. The van der Waals surface area contributed by atoms with Crippen molar-refractivity contribution in [3.63, 3.8) is 0 Å². The second-order valence-corrected chi connectivity index (χ2v) is 6.96. The van der Waals surface area contributed by atoms with Crippen LogP contribution in [-0.2, 0) is 4.74 Å². The van der Waals surface area contributed by atoms with Crippen LogP contribution in [0.15, 0.2) is 36.9 Å². The number of nitrogens with one attached hydrogen (secondary N) is 2. The highest BCUT2D eigenvalue weighted by Gasteiger charge is 2.21. The second kappa shape index (κ2) is 6.62. The number of ether oxygens (including phenoxy) is 1. The zero-order valence-corrected chi connectivity index (χ0v) is 15.1. The van der Waals surface area contributed by atoms with Crippen LogP contribution < -0.4 is 5.32 Å². The molecule has 4 heterocycles. The van der Waals surface area contributed by atoms with Crippen LogP contribution >= 0.6 is 0 Å². The maximum atomic E-state index is 5.44. The molecule has 8 heteroatoms. The first-order valence-electron chi connectivity index (χ1n) is 9.24. The van der Waals surface area contributed by atoms with E-state index in [1.54, 1.807) is 17.8 Å². The van der Waals surface area contributed by atoms with Crippen molar-refractivity contribution >= 4 is 22.6 Å². The van der Waals surface area contributed by atoms with E-state index in [4.69, 9.17) is 4.74 Å². The fraction of sp³-hybridized carbons (Fsp3) is 0.368. The standard InChI is InChI=1S/C19H21N7O/c1-27-13-4-2-12(3-5-13)23-19-21-11-15-14(10-20-18(15)25-19)16-7-9-26-17(24-16)6-8-22-26/h6-13H,2-5H2,1H3,(H2,20,21,23,25)/t12-,13-. The number of hydrogen-bond donors (Lipinski definition) is 2. The first-order chi connectivity index (χ1) is 13.3. The molecule has 5 rings (SSSR count). The van der Waals surface area contributed by atoms with Gasteiger partial charge in [0.15, 0.2) is 5.65 Å². The zero-order chi connectivity index (χ0) is 18.2. The molecule has 0 saturated heterocycles. The van der Waals surface area contributed by atoms with E-state index >= 15 is 0 Å². The summed E-state index contributed by atoms with van der Waals surface area (Å²) in [6, 6.07) is 4.23. The lowest BCUT2D eigenvalue weighted by Crippen LogP contribution is -2.29. The Balaban J connectivity index is 1.39. The van der Waals surface area contributed by atoms with Gasteiger partial charge in [-0.3, -0.25) is 0 Å². The van der Waals surface area contributed by atoms with Gasteiger partial charge in [-0.1, -0.05) is 0 Å². The van der Waals surface area contributed by atoms with Gasteiger partial charge in [0.2, 0.25) is 5.95 Å². The van der Waals surface area contributed by atoms with E-state index in [0.29, 0.717) is 18.1 Å². The number of H-pyrrole nitrogens is 1. The van der Waals surface area contributed by atoms with Crippen molar-refractivity contribution in [1.29, 1.82) is 0 Å². The zero-order valence-electron chi connectivity index (χ0n) is 15.1. The summed E-state index contributed by atoms with van der Waals surface area (Å²) in [5, 5.41) is 8.61. The SMILES string of the molecule is CO[C@H]1CC[C@H](Nc2ncc3c(-c4ccn5nccc5n4)c[nH]c3n2)CC1. The van der Waals surface area contributed by atoms with Gasteiger partial charge in [-0.15, -0.1) is 0 Å². The Bertz CT molecular complexity index is 1080. The third kappa shape index (κ3) is 3.02. The van der Waals surface area contributed by atoms with Gasteiger partial charge in [0.1, 0.15) is 5.65 Å². The smallest absolute Gasteiger partial charge is 0.224 e. The third-order valence-electron chi connectivity index (χ3n) is 5.31. The van der Waals surface area contributed by atoms with Gasteiger partial charge in [0.25, 0.3) is 0 Å². The van der Waals surface area contributed by atoms with Gasteiger partial charge in [0, 0.05) is 48.8 Å². The summed E-state index contributed by atoms with van der Waals surface area (Å²) in [6.45, 7) is 0. The Hall–Kier alpha value is -3.00. The minimum absolute atomic E-state index is 0.387. The van der Waals surface area contributed by atoms with Crippen molar-refractivity contribution < 1.29 is 4.74 Å². The van der Waals surface area contributed by atoms with Gasteiger partial charge in [-0.25, -0.2) is 14.5 Å². The molecule has 0 spiro atoms. The molecule has 0 atom stereocenters. The van der Waals surface area contributed by atoms with E-state index < -0.39 is 0 Å². The number of aromatic amines is 1. The van der Waals surface area contributed by atoms with Crippen LogP contribution in [0.5, 0.6) is 0 Å². The fourth-order valence-electron chi connectivity index (χ4n) is 3.78. The molecular formula is C19H21N7O. The maximum Gasteiger partial charge on any atom is 0.224 e. The molecule has 2 N–H and O–H groups in total. The number of methoxy groups -OCH3 is 1. The van der Waals surface area contributed by atoms with E-state index in [9.17, 15) is 0 Å². The van der Waals surface area contributed by atoms with Crippen molar-refractivity contribution in [1.82, 2.24) is 29.5 Å². The minimum Gasteiger partial charge on any atom is -0.381 e. The molecule has 0 aliphatic heterocycles. The topological polar surface area (TPSA) is 93.0 Å². The Morgan fingerprint density at radius 3 is 2.93 bits per heavy atom. The van der Waals surface area contributed by atoms with E-state index in [1.165, 1.54) is 0 Å². The lowest BCUT2D eigenvalue weighted by Gasteiger charge is -2.28. The number of hydrogen-bond acceptors (Lipinski definition) is 6. The van der Waals surface area contributed by atoms with Crippen LogP contribution in [0.1, 0.15) is 25.7 Å². The first kappa shape index (κ1) is 16.2. The summed E-state index contributed by atoms with van der Waals surface area (Å²) in [6.07, 6.45) is 12.1. The van der Waals surface area contributed by atoms with Crippen molar-refractivity contribution in [3.05, 3.63) is 36.9 Å². The highest BCUT2D eigenvalue weighted by Crippen LogP contribution is 2.27. The van der Waals surface area contributed by atoms with Crippen LogP contribution in [-0.4, -0.2) is 48.8 Å². The molecule has 4 aromatic heterocycles. The molecule has 8 nitrogen and oxygen atoms in total. The number of fused-ring (bicyclic) bond motifs is 2. The molecule has 0 amide bonds. The largest absolute Gasteiger partial charge is 0.381 e. The molecule has 27 heavy (non-hydrogen) atoms. The summed E-state index contributed by atoms with van der Waals surface area (Å²) in [4.78, 5) is 17.1. The minimum atomic E-state index is 0.387. The average molecular weight is 363 g/mol. The van der Waals surface area contributed by atoms with E-state index in [0.717, 1.165) is 53.6 Å². The fourth-order valence-corrected chi connectivity index (χ4v) is 3.78. The molecule has 0 aromatic carbocycles. The Kier molecular flexibility index (Phi) is 3.97. The van der Waals surface area contributed by atoms with Crippen molar-refractivity contribution in [2.75, 3.05) is 12.4 Å². The van der Waals surface area contributed by atoms with Crippen LogP contribution in [0.2, 0.25) is 0 Å².